The molecule has 47 heavy (non-hydrogen) atoms. The van der Waals surface area contributed by atoms with Gasteiger partial charge in [0.15, 0.2) is 5.96 Å². The highest BCUT2D eigenvalue weighted by Crippen LogP contribution is 2.61. The minimum absolute atomic E-state index is 0.0139. The molecular formula is C39H53FN6O. The van der Waals surface area contributed by atoms with Crippen LogP contribution in [0.3, 0.4) is 0 Å². The van der Waals surface area contributed by atoms with Gasteiger partial charge in [0.2, 0.25) is 0 Å². The molecule has 2 heterocycles. The molecule has 1 aliphatic heterocycles. The van der Waals surface area contributed by atoms with E-state index in [-0.39, 0.29) is 17.3 Å². The number of hydrogen-bond donors (Lipinski definition) is 2. The molecule has 4 aliphatic carbocycles. The van der Waals surface area contributed by atoms with Crippen molar-refractivity contribution in [2.75, 3.05) is 25.0 Å². The van der Waals surface area contributed by atoms with Crippen LogP contribution in [0.1, 0.15) is 90.4 Å². The molecule has 0 spiro atoms. The molecule has 2 aromatic carbocycles. The highest BCUT2D eigenvalue weighted by molar-refractivity contribution is 5.96. The second-order valence-electron chi connectivity index (χ2n) is 15.9. The van der Waals surface area contributed by atoms with Crippen molar-refractivity contribution in [2.24, 2.45) is 34.1 Å². The quantitative estimate of drug-likeness (QED) is 0.220. The minimum Gasteiger partial charge on any atom is -0.340 e. The van der Waals surface area contributed by atoms with Crippen molar-refractivity contribution < 1.29 is 4.39 Å². The van der Waals surface area contributed by atoms with E-state index in [1.165, 1.54) is 18.6 Å². The first-order chi connectivity index (χ1) is 22.6. The third kappa shape index (κ3) is 6.47. The van der Waals surface area contributed by atoms with E-state index in [9.17, 15) is 9.18 Å². The lowest BCUT2D eigenvalue weighted by Gasteiger charge is -2.61. The Balaban J connectivity index is 1.21. The summed E-state index contributed by atoms with van der Waals surface area (Å²) in [7, 11) is 0. The normalized spacial score (nSPS) is 30.6. The van der Waals surface area contributed by atoms with Crippen molar-refractivity contribution in [1.29, 1.82) is 0 Å². The second kappa shape index (κ2) is 13.0. The first kappa shape index (κ1) is 32.3. The van der Waals surface area contributed by atoms with Gasteiger partial charge in [-0.3, -0.25) is 9.36 Å². The lowest BCUT2D eigenvalue weighted by atomic mass is 9.45. The number of fused-ring (bicyclic) bond motifs is 3. The molecule has 5 atom stereocenters. The summed E-state index contributed by atoms with van der Waals surface area (Å²) in [6.45, 7) is 15.1. The predicted octanol–water partition coefficient (Wildman–Crippen LogP) is 7.20. The van der Waals surface area contributed by atoms with Crippen LogP contribution in [0.15, 0.2) is 52.3 Å². The molecule has 0 radical (unpaired) electrons. The molecule has 3 aromatic rings. The van der Waals surface area contributed by atoms with Gasteiger partial charge in [-0.1, -0.05) is 52.7 Å². The van der Waals surface area contributed by atoms with E-state index < -0.39 is 0 Å². The summed E-state index contributed by atoms with van der Waals surface area (Å²) in [6.07, 6.45) is 7.54. The summed E-state index contributed by atoms with van der Waals surface area (Å²) < 4.78 is 15.5. The van der Waals surface area contributed by atoms with Crippen molar-refractivity contribution in [3.05, 3.63) is 70.0 Å². The van der Waals surface area contributed by atoms with E-state index in [1.807, 2.05) is 28.8 Å². The summed E-state index contributed by atoms with van der Waals surface area (Å²) >= 11 is 0. The van der Waals surface area contributed by atoms with Crippen molar-refractivity contribution in [3.63, 3.8) is 0 Å². The van der Waals surface area contributed by atoms with Crippen molar-refractivity contribution >= 4 is 22.5 Å². The largest absolute Gasteiger partial charge is 0.340 e. The Morgan fingerprint density at radius 2 is 1.83 bits per heavy atom. The van der Waals surface area contributed by atoms with Gasteiger partial charge < -0.3 is 15.5 Å². The smallest absolute Gasteiger partial charge is 0.261 e. The first-order valence-electron chi connectivity index (χ1n) is 18.2. The van der Waals surface area contributed by atoms with Crippen LogP contribution < -0.4 is 16.2 Å². The number of rotatable bonds is 6. The Bertz CT molecular complexity index is 1670. The molecule has 5 aliphatic rings. The van der Waals surface area contributed by atoms with Gasteiger partial charge in [0.1, 0.15) is 11.6 Å². The van der Waals surface area contributed by atoms with Crippen LogP contribution in [0.2, 0.25) is 0 Å². The molecular weight excluding hydrogens is 587 g/mol. The molecule has 2 N–H and O–H groups in total. The molecule has 2 bridgehead atoms. The van der Waals surface area contributed by atoms with Crippen LogP contribution in [0, 0.1) is 34.9 Å². The molecule has 8 rings (SSSR count). The van der Waals surface area contributed by atoms with Gasteiger partial charge in [0.25, 0.3) is 5.56 Å². The fourth-order valence-corrected chi connectivity index (χ4v) is 9.15. The van der Waals surface area contributed by atoms with Crippen molar-refractivity contribution in [2.45, 2.75) is 104 Å². The van der Waals surface area contributed by atoms with Gasteiger partial charge >= 0.3 is 0 Å². The van der Waals surface area contributed by atoms with Crippen LogP contribution in [0.4, 0.5) is 10.1 Å². The van der Waals surface area contributed by atoms with E-state index in [0.717, 1.165) is 92.1 Å². The number of aryl methyl sites for hydroxylation is 1. The predicted molar refractivity (Wildman–Crippen MR) is 190 cm³/mol. The first-order valence-corrected chi connectivity index (χ1v) is 18.2. The Morgan fingerprint density at radius 3 is 2.53 bits per heavy atom. The number of aliphatic imine (C=N–C) groups is 1. The van der Waals surface area contributed by atoms with Gasteiger partial charge in [0, 0.05) is 43.8 Å². The number of piperazine rings is 1. The van der Waals surface area contributed by atoms with E-state index >= 15 is 0 Å². The fraction of sp³-hybridized carbons (Fsp3) is 0.615. The zero-order valence-electron chi connectivity index (χ0n) is 28.9. The lowest BCUT2D eigenvalue weighted by molar-refractivity contribution is -0.108. The Morgan fingerprint density at radius 1 is 1.06 bits per heavy atom. The number of nitrogens with zero attached hydrogens (tertiary/aromatic N) is 4. The molecule has 0 amide bonds. The maximum atomic E-state index is 14.1. The number of aromatic nitrogens is 2. The molecule has 252 valence electrons. The monoisotopic (exact) mass is 640 g/mol. The highest BCUT2D eigenvalue weighted by Gasteiger charge is 2.56. The maximum absolute atomic E-state index is 14.1. The van der Waals surface area contributed by atoms with Gasteiger partial charge in [-0.25, -0.2) is 14.4 Å². The van der Waals surface area contributed by atoms with Gasteiger partial charge in [-0.2, -0.15) is 0 Å². The van der Waals surface area contributed by atoms with E-state index in [0.29, 0.717) is 47.7 Å². The molecule has 1 aromatic heterocycles. The summed E-state index contributed by atoms with van der Waals surface area (Å²) in [5, 5.41) is 7.96. The van der Waals surface area contributed by atoms with Crippen molar-refractivity contribution in [3.8, 4) is 0 Å². The molecule has 0 unspecified atom stereocenters. The summed E-state index contributed by atoms with van der Waals surface area (Å²) in [6, 6.07) is 13.3. The van der Waals surface area contributed by atoms with Crippen LogP contribution in [-0.4, -0.2) is 52.1 Å². The number of halogens is 1. The topological polar surface area (TPSA) is 74.6 Å². The Hall–Kier alpha value is -3.26. The van der Waals surface area contributed by atoms with Crippen LogP contribution in [0.25, 0.3) is 10.9 Å². The zero-order chi connectivity index (χ0) is 32.9. The lowest BCUT2D eigenvalue weighted by Crippen LogP contribution is -2.57. The molecule has 5 fully saturated rings. The average Bonchev–Trinajstić information content (AvgIpc) is 3.05. The number of benzene rings is 2. The minimum atomic E-state index is -0.242. The molecule has 7 nitrogen and oxygen atoms in total. The second-order valence-corrected chi connectivity index (χ2v) is 15.9. The zero-order valence-corrected chi connectivity index (χ0v) is 28.9. The van der Waals surface area contributed by atoms with Gasteiger partial charge in [-0.15, -0.1) is 0 Å². The Kier molecular flexibility index (Phi) is 8.92. The average molecular weight is 641 g/mol. The fourth-order valence-electron chi connectivity index (χ4n) is 9.15. The van der Waals surface area contributed by atoms with Gasteiger partial charge in [-0.05, 0) is 104 Å². The van der Waals surface area contributed by atoms with Gasteiger partial charge in [0.05, 0.1) is 16.9 Å². The van der Waals surface area contributed by atoms with E-state index in [2.05, 4.69) is 56.2 Å². The Labute approximate surface area is 279 Å². The SMILES string of the molecule is CC1CCC(c2nc3cc(NC(=N[C@H]4C[C@H]5C[C@@H]([C@@H]4C)C5(C)C)N4CCN[C@@H](C)C4)ccc3c(=O)n2CCc2ccc(F)cc2)CC1. The summed E-state index contributed by atoms with van der Waals surface area (Å²) in [5.41, 5.74) is 3.12. The number of guanidine groups is 1. The summed E-state index contributed by atoms with van der Waals surface area (Å²) in [4.78, 5) is 27.3. The van der Waals surface area contributed by atoms with Crippen LogP contribution in [-0.2, 0) is 13.0 Å². The van der Waals surface area contributed by atoms with E-state index in [4.69, 9.17) is 9.98 Å². The van der Waals surface area contributed by atoms with Crippen LogP contribution >= 0.6 is 0 Å². The van der Waals surface area contributed by atoms with Crippen molar-refractivity contribution in [1.82, 2.24) is 19.8 Å². The standard InChI is InChI=1S/C39H53FN6O/c1-24-6-10-28(11-7-24)36-43-35-22-31(14-15-32(35)37(47)46(36)18-16-27-8-12-30(40)13-9-27)42-38(45-19-17-41-25(2)23-45)44-34-21-29-20-33(26(34)3)39(29,4)5/h8-9,12-15,22,24-26,28-29,33-34,41H,6-7,10-11,16-21,23H2,1-5H3,(H,42,44)/t24?,25-,26-,28?,29+,33-,34-/m0/s1. The van der Waals surface area contributed by atoms with E-state index in [1.54, 1.807) is 0 Å². The number of hydrogen-bond acceptors (Lipinski definition) is 4. The third-order valence-electron chi connectivity index (χ3n) is 12.4. The molecule has 1 saturated heterocycles. The third-order valence-corrected chi connectivity index (χ3v) is 12.4. The highest BCUT2D eigenvalue weighted by atomic mass is 19.1. The molecule has 4 saturated carbocycles. The summed E-state index contributed by atoms with van der Waals surface area (Å²) in [5.74, 6) is 4.60. The molecule has 8 heteroatoms. The number of nitrogens with one attached hydrogen (secondary N) is 2. The van der Waals surface area contributed by atoms with Crippen LogP contribution in [0.5, 0.6) is 0 Å². The number of anilines is 1. The maximum Gasteiger partial charge on any atom is 0.261 e.